The summed E-state index contributed by atoms with van der Waals surface area (Å²) in [5, 5.41) is 10.2. The van der Waals surface area contributed by atoms with Crippen LogP contribution in [0.5, 0.6) is 0 Å². The van der Waals surface area contributed by atoms with Crippen LogP contribution in [-0.2, 0) is 0 Å². The smallest absolute Gasteiger partial charge is 0.137 e. The Balaban J connectivity index is 4.43. The summed E-state index contributed by atoms with van der Waals surface area (Å²) in [6.45, 7) is 10.9. The first kappa shape index (κ1) is 16.7. The second-order valence-corrected chi connectivity index (χ2v) is 10.4. The highest BCUT2D eigenvalue weighted by Crippen LogP contribution is 2.20. The van der Waals surface area contributed by atoms with Crippen LogP contribution in [0.4, 0.5) is 0 Å². The minimum absolute atomic E-state index is 0.585. The second kappa shape index (κ2) is 7.95. The molecule has 0 spiro atoms. The monoisotopic (exact) mass is 254 g/mol. The van der Waals surface area contributed by atoms with E-state index >= 15 is 0 Å². The van der Waals surface area contributed by atoms with Crippen LogP contribution < -0.4 is 0 Å². The van der Waals surface area contributed by atoms with Gasteiger partial charge in [0.05, 0.1) is 5.60 Å². The van der Waals surface area contributed by atoms with Crippen LogP contribution in [0.15, 0.2) is 0 Å². The zero-order chi connectivity index (χ0) is 13.4. The molecule has 0 amide bonds. The Morgan fingerprint density at radius 1 is 1.06 bits per heavy atom. The summed E-state index contributed by atoms with van der Waals surface area (Å²) in [4.78, 5) is 0. The SMILES string of the molecule is CCCCC(C)(O)CC#C[Si](CC)(CC)CC. The molecule has 0 aliphatic heterocycles. The minimum Gasteiger partial charge on any atom is -0.389 e. The van der Waals surface area contributed by atoms with Crippen LogP contribution in [0.25, 0.3) is 0 Å². The van der Waals surface area contributed by atoms with Gasteiger partial charge in [-0.05, 0) is 31.5 Å². The summed E-state index contributed by atoms with van der Waals surface area (Å²) in [7, 11) is -1.32. The van der Waals surface area contributed by atoms with Gasteiger partial charge in [0.15, 0.2) is 0 Å². The summed E-state index contributed by atoms with van der Waals surface area (Å²) >= 11 is 0. The first-order valence-corrected chi connectivity index (χ1v) is 9.79. The van der Waals surface area contributed by atoms with Crippen molar-refractivity contribution in [3.8, 4) is 11.5 Å². The van der Waals surface area contributed by atoms with Crippen molar-refractivity contribution < 1.29 is 5.11 Å². The molecule has 0 bridgehead atoms. The molecule has 0 aromatic carbocycles. The Kier molecular flexibility index (Phi) is 7.82. The van der Waals surface area contributed by atoms with Crippen LogP contribution in [0.2, 0.25) is 18.1 Å². The van der Waals surface area contributed by atoms with E-state index in [-0.39, 0.29) is 0 Å². The molecule has 0 fully saturated rings. The highest BCUT2D eigenvalue weighted by atomic mass is 28.3. The molecule has 2 heteroatoms. The van der Waals surface area contributed by atoms with Crippen molar-refractivity contribution in [3.63, 3.8) is 0 Å². The van der Waals surface area contributed by atoms with Crippen molar-refractivity contribution in [3.05, 3.63) is 0 Å². The second-order valence-electron chi connectivity index (χ2n) is 5.42. The van der Waals surface area contributed by atoms with Gasteiger partial charge in [-0.2, -0.15) is 0 Å². The van der Waals surface area contributed by atoms with Crippen LogP contribution in [0.3, 0.4) is 0 Å². The largest absolute Gasteiger partial charge is 0.389 e. The molecule has 0 heterocycles. The quantitative estimate of drug-likeness (QED) is 0.528. The van der Waals surface area contributed by atoms with Gasteiger partial charge in [0.25, 0.3) is 0 Å². The molecule has 0 aliphatic carbocycles. The number of aliphatic hydroxyl groups is 1. The zero-order valence-corrected chi connectivity index (χ0v) is 13.4. The van der Waals surface area contributed by atoms with Gasteiger partial charge in [-0.15, -0.1) is 11.5 Å². The topological polar surface area (TPSA) is 20.2 Å². The number of rotatable bonds is 7. The van der Waals surface area contributed by atoms with Crippen LogP contribution in [0.1, 0.15) is 60.3 Å². The third-order valence-electron chi connectivity index (χ3n) is 3.92. The third kappa shape index (κ3) is 6.28. The summed E-state index contributed by atoms with van der Waals surface area (Å²) in [6, 6.07) is 3.72. The lowest BCUT2D eigenvalue weighted by Gasteiger charge is -2.22. The molecule has 1 atom stereocenters. The van der Waals surface area contributed by atoms with Crippen molar-refractivity contribution in [2.75, 3.05) is 0 Å². The molecular weight excluding hydrogens is 224 g/mol. The van der Waals surface area contributed by atoms with E-state index in [1.807, 2.05) is 6.92 Å². The highest BCUT2D eigenvalue weighted by molar-refractivity contribution is 6.87. The van der Waals surface area contributed by atoms with E-state index in [1.165, 1.54) is 18.1 Å². The maximum absolute atomic E-state index is 10.2. The van der Waals surface area contributed by atoms with Crippen LogP contribution in [-0.4, -0.2) is 18.8 Å². The molecular formula is C15H30OSi. The van der Waals surface area contributed by atoms with Crippen LogP contribution >= 0.6 is 0 Å². The Hall–Kier alpha value is -0.263. The Morgan fingerprint density at radius 2 is 1.59 bits per heavy atom. The van der Waals surface area contributed by atoms with Crippen LogP contribution in [0, 0.1) is 11.5 Å². The zero-order valence-electron chi connectivity index (χ0n) is 12.4. The van der Waals surface area contributed by atoms with E-state index in [1.54, 1.807) is 0 Å². The Labute approximate surface area is 109 Å². The molecule has 1 unspecified atom stereocenters. The van der Waals surface area contributed by atoms with Gasteiger partial charge in [-0.3, -0.25) is 0 Å². The number of hydrogen-bond donors (Lipinski definition) is 1. The van der Waals surface area contributed by atoms with E-state index in [4.69, 9.17) is 0 Å². The third-order valence-corrected chi connectivity index (χ3v) is 8.69. The molecule has 100 valence electrons. The average Bonchev–Trinajstić information content (AvgIpc) is 2.33. The molecule has 0 saturated heterocycles. The van der Waals surface area contributed by atoms with Crippen molar-refractivity contribution in [1.82, 2.24) is 0 Å². The summed E-state index contributed by atoms with van der Waals surface area (Å²) in [5.74, 6) is 3.29. The molecule has 17 heavy (non-hydrogen) atoms. The van der Waals surface area contributed by atoms with E-state index in [2.05, 4.69) is 39.2 Å². The van der Waals surface area contributed by atoms with Gasteiger partial charge in [-0.25, -0.2) is 0 Å². The molecule has 0 aliphatic rings. The minimum atomic E-state index is -1.32. The molecule has 0 radical (unpaired) electrons. The molecule has 0 aromatic rings. The normalized spacial score (nSPS) is 14.9. The Bertz CT molecular complexity index is 248. The molecule has 1 nitrogen and oxygen atoms in total. The first-order chi connectivity index (χ1) is 7.95. The first-order valence-electron chi connectivity index (χ1n) is 7.17. The van der Waals surface area contributed by atoms with Gasteiger partial charge in [0.2, 0.25) is 0 Å². The molecule has 1 N–H and O–H groups in total. The predicted octanol–water partition coefficient (Wildman–Crippen LogP) is 4.37. The van der Waals surface area contributed by atoms with Gasteiger partial charge in [-0.1, -0.05) is 40.5 Å². The van der Waals surface area contributed by atoms with E-state index < -0.39 is 13.7 Å². The summed E-state index contributed by atoms with van der Waals surface area (Å²) in [6.07, 6.45) is 3.74. The van der Waals surface area contributed by atoms with E-state index in [9.17, 15) is 5.11 Å². The van der Waals surface area contributed by atoms with Crippen molar-refractivity contribution >= 4 is 8.07 Å². The fourth-order valence-corrected chi connectivity index (χ4v) is 4.58. The number of hydrogen-bond acceptors (Lipinski definition) is 1. The van der Waals surface area contributed by atoms with Gasteiger partial charge < -0.3 is 5.11 Å². The lowest BCUT2D eigenvalue weighted by molar-refractivity contribution is 0.0539. The summed E-state index contributed by atoms with van der Waals surface area (Å²) in [5.41, 5.74) is 2.96. The molecule has 0 saturated carbocycles. The lowest BCUT2D eigenvalue weighted by atomic mass is 9.96. The van der Waals surface area contributed by atoms with Gasteiger partial charge >= 0.3 is 0 Å². The lowest BCUT2D eigenvalue weighted by Crippen LogP contribution is -2.30. The van der Waals surface area contributed by atoms with E-state index in [0.29, 0.717) is 6.42 Å². The molecule has 0 rings (SSSR count). The number of unbranched alkanes of at least 4 members (excludes halogenated alkanes) is 1. The van der Waals surface area contributed by atoms with Crippen molar-refractivity contribution in [1.29, 1.82) is 0 Å². The molecule has 0 aromatic heterocycles. The van der Waals surface area contributed by atoms with Gasteiger partial charge in [0, 0.05) is 6.42 Å². The average molecular weight is 254 g/mol. The maximum atomic E-state index is 10.2. The van der Waals surface area contributed by atoms with Crippen molar-refractivity contribution in [2.45, 2.75) is 84.0 Å². The van der Waals surface area contributed by atoms with Crippen molar-refractivity contribution in [2.24, 2.45) is 0 Å². The maximum Gasteiger partial charge on any atom is 0.137 e. The fourth-order valence-electron chi connectivity index (χ4n) is 2.08. The fraction of sp³-hybridized carbons (Fsp3) is 0.867. The predicted molar refractivity (Wildman–Crippen MR) is 79.7 cm³/mol. The standard InChI is InChI=1S/C15H30OSi/c1-6-10-12-15(5,16)13-11-14-17(7-2,8-3)9-4/h16H,6-10,12-13H2,1-5H3. The van der Waals surface area contributed by atoms with E-state index in [0.717, 1.165) is 19.3 Å². The van der Waals surface area contributed by atoms with Gasteiger partial charge in [0.1, 0.15) is 8.07 Å². The Morgan fingerprint density at radius 3 is 2.00 bits per heavy atom. The highest BCUT2D eigenvalue weighted by Gasteiger charge is 2.24. The summed E-state index contributed by atoms with van der Waals surface area (Å²) < 4.78 is 0.